The summed E-state index contributed by atoms with van der Waals surface area (Å²) in [4.78, 5) is 12.4. The molecule has 1 heterocycles. The minimum Gasteiger partial charge on any atom is -0.478 e. The molecule has 0 unspecified atom stereocenters. The van der Waals surface area contributed by atoms with E-state index in [9.17, 15) is 13.2 Å². The van der Waals surface area contributed by atoms with Crippen LogP contribution in [-0.4, -0.2) is 33.8 Å². The number of allylic oxidation sites excluding steroid dienone is 1. The summed E-state index contributed by atoms with van der Waals surface area (Å²) in [5.74, 6) is -0.00112. The lowest BCUT2D eigenvalue weighted by Gasteiger charge is -2.34. The molecule has 1 aliphatic heterocycles. The van der Waals surface area contributed by atoms with Crippen LogP contribution in [0.4, 0.5) is 4.79 Å². The molecule has 9 heteroatoms. The summed E-state index contributed by atoms with van der Waals surface area (Å²) < 4.78 is 32.8. The molecule has 1 aliphatic carbocycles. The molecule has 1 aromatic rings. The van der Waals surface area contributed by atoms with Crippen LogP contribution < -0.4 is 15.4 Å². The number of nitrogens with one attached hydrogen (secondary N) is 4. The third kappa shape index (κ3) is 5.09. The van der Waals surface area contributed by atoms with E-state index in [1.165, 1.54) is 0 Å². The number of benzene rings is 1. The van der Waals surface area contributed by atoms with Gasteiger partial charge in [0.1, 0.15) is 0 Å². The van der Waals surface area contributed by atoms with E-state index < -0.39 is 21.6 Å². The number of hydrogen-bond acceptors (Lipinski definition) is 6. The predicted molar refractivity (Wildman–Crippen MR) is 111 cm³/mol. The van der Waals surface area contributed by atoms with E-state index >= 15 is 0 Å². The lowest BCUT2D eigenvalue weighted by molar-refractivity contribution is 0.157. The van der Waals surface area contributed by atoms with Gasteiger partial charge in [-0.1, -0.05) is 56.0 Å². The standard InChI is InChI=1S/C20H28N4O4S/c21-15-17(18-22-13-8-14-28-18)29(26,27)24-19(25)23-20(11-6-1-2-7-12-20)16-9-4-3-5-10-16/h3-5,9-10,15,21-22H,1-2,6-8,11-14H2,(H2,23,24,25)/b18-17-,21-15?. The Kier molecular flexibility index (Phi) is 6.79. The van der Waals surface area contributed by atoms with Gasteiger partial charge in [0.2, 0.25) is 5.88 Å². The zero-order valence-electron chi connectivity index (χ0n) is 16.4. The van der Waals surface area contributed by atoms with Gasteiger partial charge in [-0.15, -0.1) is 0 Å². The zero-order valence-corrected chi connectivity index (χ0v) is 17.2. The minimum atomic E-state index is -4.25. The summed E-state index contributed by atoms with van der Waals surface area (Å²) in [6.45, 7) is 0.907. The summed E-state index contributed by atoms with van der Waals surface area (Å²) in [5.41, 5.74) is 0.354. The molecule has 2 fully saturated rings. The van der Waals surface area contributed by atoms with Gasteiger partial charge < -0.3 is 20.8 Å². The van der Waals surface area contributed by atoms with Crippen LogP contribution in [0.15, 0.2) is 41.1 Å². The zero-order chi connectivity index (χ0) is 20.7. The summed E-state index contributed by atoms with van der Waals surface area (Å²) >= 11 is 0. The fourth-order valence-electron chi connectivity index (χ4n) is 3.92. The highest BCUT2D eigenvalue weighted by Gasteiger charge is 2.36. The molecular weight excluding hydrogens is 392 g/mol. The normalized spacial score (nSPS) is 21.0. The van der Waals surface area contributed by atoms with Crippen molar-refractivity contribution in [3.05, 3.63) is 46.7 Å². The van der Waals surface area contributed by atoms with Gasteiger partial charge in [-0.25, -0.2) is 17.9 Å². The van der Waals surface area contributed by atoms with Gasteiger partial charge >= 0.3 is 6.03 Å². The third-order valence-electron chi connectivity index (χ3n) is 5.36. The highest BCUT2D eigenvalue weighted by atomic mass is 32.2. The van der Waals surface area contributed by atoms with Crippen LogP contribution in [0.1, 0.15) is 50.5 Å². The maximum atomic E-state index is 12.8. The summed E-state index contributed by atoms with van der Waals surface area (Å²) in [7, 11) is -4.25. The van der Waals surface area contributed by atoms with Gasteiger partial charge in [0, 0.05) is 12.8 Å². The Morgan fingerprint density at radius 3 is 2.38 bits per heavy atom. The van der Waals surface area contributed by atoms with Crippen molar-refractivity contribution in [1.82, 2.24) is 15.4 Å². The van der Waals surface area contributed by atoms with Gasteiger partial charge in [0.25, 0.3) is 10.0 Å². The topological polar surface area (TPSA) is 120 Å². The highest BCUT2D eigenvalue weighted by molar-refractivity contribution is 7.94. The van der Waals surface area contributed by atoms with Crippen molar-refractivity contribution in [3.8, 4) is 0 Å². The molecule has 8 nitrogen and oxygen atoms in total. The summed E-state index contributed by atoms with van der Waals surface area (Å²) in [6.07, 6.45) is 6.99. The molecule has 0 atom stereocenters. The summed E-state index contributed by atoms with van der Waals surface area (Å²) in [5, 5.41) is 13.3. The molecule has 3 rings (SSSR count). The number of hydrogen-bond donors (Lipinski definition) is 4. The molecule has 2 amide bonds. The van der Waals surface area contributed by atoms with Gasteiger partial charge in [0.05, 0.1) is 12.1 Å². The molecule has 158 valence electrons. The quantitative estimate of drug-likeness (QED) is 0.431. The molecule has 0 radical (unpaired) electrons. The van der Waals surface area contributed by atoms with E-state index in [2.05, 4.69) is 15.4 Å². The van der Waals surface area contributed by atoms with Crippen LogP contribution in [-0.2, 0) is 20.3 Å². The lowest BCUT2D eigenvalue weighted by atomic mass is 9.83. The number of carbonyl (C=O) groups is 1. The Labute approximate surface area is 171 Å². The number of rotatable bonds is 5. The van der Waals surface area contributed by atoms with E-state index in [-0.39, 0.29) is 10.8 Å². The van der Waals surface area contributed by atoms with Gasteiger partial charge in [-0.3, -0.25) is 0 Å². The monoisotopic (exact) mass is 420 g/mol. The molecule has 0 bridgehead atoms. The van der Waals surface area contributed by atoms with Crippen LogP contribution >= 0.6 is 0 Å². The van der Waals surface area contributed by atoms with Crippen molar-refractivity contribution >= 4 is 22.3 Å². The van der Waals surface area contributed by atoms with Crippen LogP contribution in [0.3, 0.4) is 0 Å². The minimum absolute atomic E-state index is 0.00112. The molecular formula is C20H28N4O4S. The van der Waals surface area contributed by atoms with Crippen molar-refractivity contribution in [1.29, 1.82) is 5.41 Å². The fraction of sp³-hybridized carbons (Fsp3) is 0.500. The van der Waals surface area contributed by atoms with Crippen molar-refractivity contribution in [2.45, 2.75) is 50.5 Å². The second-order valence-electron chi connectivity index (χ2n) is 7.39. The van der Waals surface area contributed by atoms with Gasteiger partial charge in [-0.05, 0) is 24.8 Å². The lowest BCUT2D eigenvalue weighted by Crippen LogP contribution is -2.51. The van der Waals surface area contributed by atoms with Gasteiger partial charge in [0.15, 0.2) is 4.91 Å². The highest BCUT2D eigenvalue weighted by Crippen LogP contribution is 2.36. The Hall–Kier alpha value is -2.55. The van der Waals surface area contributed by atoms with Crippen LogP contribution in [0.25, 0.3) is 0 Å². The predicted octanol–water partition coefficient (Wildman–Crippen LogP) is 2.69. The first-order valence-electron chi connectivity index (χ1n) is 9.99. The van der Waals surface area contributed by atoms with Crippen molar-refractivity contribution in [3.63, 3.8) is 0 Å². The average molecular weight is 421 g/mol. The van der Waals surface area contributed by atoms with Crippen LogP contribution in [0.5, 0.6) is 0 Å². The maximum absolute atomic E-state index is 12.8. The van der Waals surface area contributed by atoms with E-state index in [1.807, 2.05) is 30.3 Å². The van der Waals surface area contributed by atoms with Crippen LogP contribution in [0.2, 0.25) is 0 Å². The Bertz CT molecular complexity index is 852. The Morgan fingerprint density at radius 1 is 1.10 bits per heavy atom. The SMILES string of the molecule is N=C/C(=C1\NCCCO1)S(=O)(=O)NC(=O)NC1(c2ccccc2)CCCCCC1. The molecule has 1 aromatic carbocycles. The number of amides is 2. The first-order chi connectivity index (χ1) is 14.0. The average Bonchev–Trinajstić information content (AvgIpc) is 2.95. The molecule has 0 aromatic heterocycles. The second-order valence-corrected chi connectivity index (χ2v) is 9.04. The van der Waals surface area contributed by atoms with E-state index in [0.717, 1.165) is 50.5 Å². The molecule has 2 aliphatic rings. The number of sulfonamides is 1. The molecule has 4 N–H and O–H groups in total. The summed E-state index contributed by atoms with van der Waals surface area (Å²) in [6, 6.07) is 8.88. The van der Waals surface area contributed by atoms with E-state index in [0.29, 0.717) is 19.4 Å². The van der Waals surface area contributed by atoms with Crippen LogP contribution in [0, 0.1) is 5.41 Å². The Morgan fingerprint density at radius 2 is 1.79 bits per heavy atom. The largest absolute Gasteiger partial charge is 0.478 e. The first-order valence-corrected chi connectivity index (χ1v) is 11.5. The smallest absolute Gasteiger partial charge is 0.329 e. The second kappa shape index (κ2) is 9.30. The number of urea groups is 1. The van der Waals surface area contributed by atoms with E-state index in [1.54, 1.807) is 0 Å². The molecule has 1 saturated carbocycles. The fourth-order valence-corrected chi connectivity index (χ4v) is 4.85. The Balaban J connectivity index is 1.82. The van der Waals surface area contributed by atoms with Crippen molar-refractivity contribution in [2.24, 2.45) is 0 Å². The van der Waals surface area contributed by atoms with Crippen molar-refractivity contribution in [2.75, 3.05) is 13.2 Å². The van der Waals surface area contributed by atoms with Crippen molar-refractivity contribution < 1.29 is 17.9 Å². The molecule has 29 heavy (non-hydrogen) atoms. The third-order valence-corrected chi connectivity index (χ3v) is 6.70. The molecule has 0 spiro atoms. The van der Waals surface area contributed by atoms with E-state index in [4.69, 9.17) is 10.1 Å². The number of ether oxygens (including phenoxy) is 1. The number of carbonyl (C=O) groups excluding carboxylic acids is 1. The first kappa shape index (κ1) is 21.2. The molecule has 1 saturated heterocycles. The maximum Gasteiger partial charge on any atom is 0.329 e. The van der Waals surface area contributed by atoms with Gasteiger partial charge in [-0.2, -0.15) is 0 Å².